The normalized spacial score (nSPS) is 11.2. The Morgan fingerprint density at radius 1 is 0.786 bits per heavy atom. The molecule has 0 amide bonds. The van der Waals surface area contributed by atoms with Crippen LogP contribution in [-0.2, 0) is 0 Å². The van der Waals surface area contributed by atoms with Crippen LogP contribution in [0.2, 0.25) is 0 Å². The highest BCUT2D eigenvalue weighted by Gasteiger charge is 2.16. The molecule has 0 aliphatic heterocycles. The number of allylic oxidation sites excluding steroid dienone is 1. The Morgan fingerprint density at radius 3 is 2.25 bits per heavy atom. The Hall–Kier alpha value is -3.30. The van der Waals surface area contributed by atoms with Gasteiger partial charge in [0.15, 0.2) is 5.82 Å². The van der Waals surface area contributed by atoms with Crippen molar-refractivity contribution in [3.63, 3.8) is 0 Å². The standard InChI is InChI=1S/C25H18N2S/c1-16(2)17-12-14-19(15-13-17)24-26-23(18-8-4-3-5-9-18)22-20-10-6-7-11-21(20)28-25(22)27-24/h3-15H,1H2,2H3. The fourth-order valence-electron chi connectivity index (χ4n) is 3.46. The molecule has 0 radical (unpaired) electrons. The molecule has 3 heteroatoms. The Bertz CT molecular complexity index is 1320. The van der Waals surface area contributed by atoms with Gasteiger partial charge in [0, 0.05) is 26.6 Å². The van der Waals surface area contributed by atoms with E-state index < -0.39 is 0 Å². The first-order valence-corrected chi connectivity index (χ1v) is 10.0. The third-order valence-electron chi connectivity index (χ3n) is 4.92. The van der Waals surface area contributed by atoms with Crippen LogP contribution >= 0.6 is 11.3 Å². The molecule has 28 heavy (non-hydrogen) atoms. The van der Waals surface area contributed by atoms with Gasteiger partial charge in [-0.3, -0.25) is 0 Å². The predicted molar refractivity (Wildman–Crippen MR) is 121 cm³/mol. The van der Waals surface area contributed by atoms with Gasteiger partial charge in [0.25, 0.3) is 0 Å². The average Bonchev–Trinajstić information content (AvgIpc) is 3.12. The van der Waals surface area contributed by atoms with Crippen LogP contribution in [-0.4, -0.2) is 9.97 Å². The first-order valence-electron chi connectivity index (χ1n) is 9.22. The van der Waals surface area contributed by atoms with Crippen molar-refractivity contribution in [1.82, 2.24) is 9.97 Å². The monoisotopic (exact) mass is 378 g/mol. The lowest BCUT2D eigenvalue weighted by Gasteiger charge is -2.08. The van der Waals surface area contributed by atoms with Crippen molar-refractivity contribution in [2.24, 2.45) is 0 Å². The molecule has 0 fully saturated rings. The fourth-order valence-corrected chi connectivity index (χ4v) is 4.54. The fraction of sp³-hybridized carbons (Fsp3) is 0.0400. The van der Waals surface area contributed by atoms with Gasteiger partial charge in [-0.1, -0.05) is 84.9 Å². The van der Waals surface area contributed by atoms with Gasteiger partial charge in [0.05, 0.1) is 5.69 Å². The van der Waals surface area contributed by atoms with Crippen LogP contribution in [0.1, 0.15) is 12.5 Å². The number of aromatic nitrogens is 2. The number of hydrogen-bond donors (Lipinski definition) is 0. The summed E-state index contributed by atoms with van der Waals surface area (Å²) in [5.74, 6) is 0.756. The molecule has 0 N–H and O–H groups in total. The van der Waals surface area contributed by atoms with Gasteiger partial charge in [0.2, 0.25) is 0 Å². The molecule has 5 rings (SSSR count). The number of rotatable bonds is 3. The lowest BCUT2D eigenvalue weighted by atomic mass is 10.0. The van der Waals surface area contributed by atoms with Crippen molar-refractivity contribution in [1.29, 1.82) is 0 Å². The van der Waals surface area contributed by atoms with Gasteiger partial charge in [-0.15, -0.1) is 11.3 Å². The van der Waals surface area contributed by atoms with E-state index >= 15 is 0 Å². The number of fused-ring (bicyclic) bond motifs is 3. The first kappa shape index (κ1) is 16.8. The van der Waals surface area contributed by atoms with Crippen LogP contribution in [0.15, 0.2) is 85.4 Å². The molecule has 0 bridgehead atoms. The summed E-state index contributed by atoms with van der Waals surface area (Å²) in [4.78, 5) is 11.0. The highest BCUT2D eigenvalue weighted by atomic mass is 32.1. The van der Waals surface area contributed by atoms with Crippen LogP contribution in [0.4, 0.5) is 0 Å². The lowest BCUT2D eigenvalue weighted by molar-refractivity contribution is 1.24. The van der Waals surface area contributed by atoms with E-state index in [1.54, 1.807) is 11.3 Å². The molecule has 134 valence electrons. The summed E-state index contributed by atoms with van der Waals surface area (Å²) in [5, 5.41) is 2.35. The van der Waals surface area contributed by atoms with Crippen molar-refractivity contribution in [2.45, 2.75) is 6.92 Å². The molecule has 0 atom stereocenters. The quantitative estimate of drug-likeness (QED) is 0.331. The van der Waals surface area contributed by atoms with E-state index in [1.807, 2.05) is 13.0 Å². The summed E-state index contributed by atoms with van der Waals surface area (Å²) < 4.78 is 1.23. The van der Waals surface area contributed by atoms with E-state index in [0.29, 0.717) is 0 Å². The number of thiophene rings is 1. The molecule has 0 aliphatic carbocycles. The molecule has 0 aliphatic rings. The minimum atomic E-state index is 0.756. The Kier molecular flexibility index (Phi) is 4.03. The summed E-state index contributed by atoms with van der Waals surface area (Å²) in [6.07, 6.45) is 0. The van der Waals surface area contributed by atoms with E-state index in [4.69, 9.17) is 9.97 Å². The second kappa shape index (κ2) is 6.70. The minimum absolute atomic E-state index is 0.756. The minimum Gasteiger partial charge on any atom is -0.227 e. The molecular weight excluding hydrogens is 360 g/mol. The average molecular weight is 379 g/mol. The van der Waals surface area contributed by atoms with Gasteiger partial charge >= 0.3 is 0 Å². The molecule has 5 aromatic rings. The molecule has 2 aromatic heterocycles. The molecule has 3 aromatic carbocycles. The van der Waals surface area contributed by atoms with E-state index in [1.165, 1.54) is 10.1 Å². The molecule has 0 saturated heterocycles. The number of nitrogens with zero attached hydrogens (tertiary/aromatic N) is 2. The van der Waals surface area contributed by atoms with E-state index in [0.717, 1.165) is 44.0 Å². The Balaban J connectivity index is 1.80. The molecule has 2 heterocycles. The van der Waals surface area contributed by atoms with E-state index in [-0.39, 0.29) is 0 Å². The third kappa shape index (κ3) is 2.81. The van der Waals surface area contributed by atoms with Crippen molar-refractivity contribution in [3.8, 4) is 22.6 Å². The molecular formula is C25H18N2S. The summed E-state index contributed by atoms with van der Waals surface area (Å²) in [6.45, 7) is 6.03. The zero-order valence-electron chi connectivity index (χ0n) is 15.5. The predicted octanol–water partition coefficient (Wildman–Crippen LogP) is 7.21. The summed E-state index contributed by atoms with van der Waals surface area (Å²) >= 11 is 1.72. The van der Waals surface area contributed by atoms with Crippen LogP contribution in [0, 0.1) is 0 Å². The summed E-state index contributed by atoms with van der Waals surface area (Å²) in [6, 6.07) is 27.1. The van der Waals surface area contributed by atoms with E-state index in [9.17, 15) is 0 Å². The molecule has 0 saturated carbocycles. The van der Waals surface area contributed by atoms with Crippen LogP contribution in [0.3, 0.4) is 0 Å². The van der Waals surface area contributed by atoms with Crippen molar-refractivity contribution >= 4 is 37.2 Å². The van der Waals surface area contributed by atoms with Gasteiger partial charge in [0.1, 0.15) is 4.83 Å². The van der Waals surface area contributed by atoms with Crippen LogP contribution in [0.5, 0.6) is 0 Å². The second-order valence-corrected chi connectivity index (χ2v) is 7.93. The summed E-state index contributed by atoms with van der Waals surface area (Å²) in [5.41, 5.74) is 5.30. The maximum atomic E-state index is 5.01. The number of benzene rings is 3. The Morgan fingerprint density at radius 2 is 1.50 bits per heavy atom. The topological polar surface area (TPSA) is 25.8 Å². The molecule has 2 nitrogen and oxygen atoms in total. The SMILES string of the molecule is C=C(C)c1ccc(-c2nc(-c3ccccc3)c3c(n2)sc2ccccc23)cc1. The Labute approximate surface area is 167 Å². The lowest BCUT2D eigenvalue weighted by Crippen LogP contribution is -1.93. The molecule has 0 spiro atoms. The zero-order valence-corrected chi connectivity index (χ0v) is 16.3. The highest BCUT2D eigenvalue weighted by Crippen LogP contribution is 2.39. The second-order valence-electron chi connectivity index (χ2n) is 6.90. The van der Waals surface area contributed by atoms with Crippen LogP contribution < -0.4 is 0 Å². The van der Waals surface area contributed by atoms with Crippen molar-refractivity contribution in [3.05, 3.63) is 91.0 Å². The van der Waals surface area contributed by atoms with Crippen LogP contribution in [0.25, 0.3) is 48.5 Å². The van der Waals surface area contributed by atoms with Gasteiger partial charge in [-0.2, -0.15) is 0 Å². The van der Waals surface area contributed by atoms with Gasteiger partial charge in [-0.05, 0) is 18.6 Å². The van der Waals surface area contributed by atoms with Gasteiger partial charge in [-0.25, -0.2) is 9.97 Å². The van der Waals surface area contributed by atoms with Gasteiger partial charge < -0.3 is 0 Å². The maximum Gasteiger partial charge on any atom is 0.161 e. The summed E-state index contributed by atoms with van der Waals surface area (Å²) in [7, 11) is 0. The first-order chi connectivity index (χ1) is 13.7. The smallest absolute Gasteiger partial charge is 0.161 e. The molecule has 0 unspecified atom stereocenters. The van der Waals surface area contributed by atoms with Crippen molar-refractivity contribution < 1.29 is 0 Å². The third-order valence-corrected chi connectivity index (χ3v) is 5.99. The number of hydrogen-bond acceptors (Lipinski definition) is 3. The maximum absolute atomic E-state index is 5.01. The highest BCUT2D eigenvalue weighted by molar-refractivity contribution is 7.25. The largest absolute Gasteiger partial charge is 0.227 e. The van der Waals surface area contributed by atoms with E-state index in [2.05, 4.69) is 79.4 Å². The zero-order chi connectivity index (χ0) is 19.1. The van der Waals surface area contributed by atoms with Crippen molar-refractivity contribution in [2.75, 3.05) is 0 Å².